The quantitative estimate of drug-likeness (QED) is 0.537. The van der Waals surface area contributed by atoms with Gasteiger partial charge in [0.1, 0.15) is 0 Å². The number of H-pyrrole nitrogens is 1. The van der Waals surface area contributed by atoms with E-state index in [9.17, 15) is 0 Å². The van der Waals surface area contributed by atoms with Gasteiger partial charge in [0.25, 0.3) is 0 Å². The number of benzene rings is 1. The maximum atomic E-state index is 5.44. The minimum Gasteiger partial charge on any atom is -0.493 e. The van der Waals surface area contributed by atoms with Gasteiger partial charge in [-0.15, -0.1) is 5.10 Å². The van der Waals surface area contributed by atoms with Gasteiger partial charge in [-0.3, -0.25) is 0 Å². The van der Waals surface area contributed by atoms with E-state index in [4.69, 9.17) is 30.8 Å². The summed E-state index contributed by atoms with van der Waals surface area (Å²) in [5, 5.41) is 11.2. The van der Waals surface area contributed by atoms with Crippen molar-refractivity contribution in [3.63, 3.8) is 0 Å². The molecule has 0 aliphatic heterocycles. The summed E-state index contributed by atoms with van der Waals surface area (Å²) in [6.07, 6.45) is 3.15. The molecule has 0 amide bonds. The molecule has 9 heteroatoms. The lowest BCUT2D eigenvalue weighted by molar-refractivity contribution is 0.324. The molecule has 0 saturated heterocycles. The second-order valence-electron chi connectivity index (χ2n) is 4.81. The highest BCUT2D eigenvalue weighted by Gasteiger charge is 2.15. The van der Waals surface area contributed by atoms with Gasteiger partial charge in [-0.05, 0) is 36.5 Å². The first-order valence-corrected chi connectivity index (χ1v) is 7.65. The molecule has 3 rings (SSSR count). The zero-order valence-electron chi connectivity index (χ0n) is 13.8. The number of rotatable bonds is 6. The molecule has 0 unspecified atom stereocenters. The lowest BCUT2D eigenvalue weighted by Crippen LogP contribution is -2.00. The van der Waals surface area contributed by atoms with Crippen LogP contribution >= 0.6 is 12.2 Å². The van der Waals surface area contributed by atoms with E-state index in [-0.39, 0.29) is 0 Å². The number of furan rings is 1. The van der Waals surface area contributed by atoms with Crippen LogP contribution in [0.4, 0.5) is 0 Å². The number of hydrogen-bond acceptors (Lipinski definition) is 7. The molecule has 0 aliphatic rings. The number of hydrogen-bond donors (Lipinski definition) is 1. The fourth-order valence-corrected chi connectivity index (χ4v) is 2.49. The molecule has 2 heterocycles. The molecule has 1 N–H and O–H groups in total. The van der Waals surface area contributed by atoms with E-state index in [1.54, 1.807) is 58.1 Å². The van der Waals surface area contributed by atoms with E-state index in [1.165, 1.54) is 4.68 Å². The Kier molecular flexibility index (Phi) is 4.85. The van der Waals surface area contributed by atoms with Crippen molar-refractivity contribution in [3.05, 3.63) is 40.9 Å². The summed E-state index contributed by atoms with van der Waals surface area (Å²) in [4.78, 5) is 0. The maximum Gasteiger partial charge on any atom is 0.219 e. The molecular weight excluding hydrogens is 344 g/mol. The molecule has 0 saturated carbocycles. The number of methoxy groups -OCH3 is 3. The average molecular weight is 360 g/mol. The second kappa shape index (κ2) is 7.22. The molecule has 0 aliphatic carbocycles. The molecule has 1 aromatic carbocycles. The fraction of sp³-hybridized carbons (Fsp3) is 0.188. The van der Waals surface area contributed by atoms with Crippen molar-refractivity contribution in [1.29, 1.82) is 0 Å². The predicted molar refractivity (Wildman–Crippen MR) is 94.2 cm³/mol. The van der Waals surface area contributed by atoms with Crippen LogP contribution in [0.15, 0.2) is 40.0 Å². The van der Waals surface area contributed by atoms with Gasteiger partial charge < -0.3 is 18.6 Å². The van der Waals surface area contributed by atoms with Crippen LogP contribution in [0.1, 0.15) is 5.56 Å². The van der Waals surface area contributed by atoms with Crippen molar-refractivity contribution in [2.75, 3.05) is 21.3 Å². The van der Waals surface area contributed by atoms with Crippen LogP contribution in [-0.2, 0) is 0 Å². The van der Waals surface area contributed by atoms with Crippen LogP contribution in [0.3, 0.4) is 0 Å². The van der Waals surface area contributed by atoms with E-state index in [1.807, 2.05) is 0 Å². The number of aromatic nitrogens is 3. The standard InChI is InChI=1S/C16H16N4O4S/c1-21-11-7-6-10(13(22-2)14(11)23-3)9-17-20-15(18-19-16(20)25)12-5-4-8-24-12/h4-9H,1-3H3,(H,19,25). The Labute approximate surface area is 148 Å². The molecule has 3 aromatic rings. The minimum atomic E-state index is 0.335. The Balaban J connectivity index is 2.04. The summed E-state index contributed by atoms with van der Waals surface area (Å²) in [6, 6.07) is 7.11. The number of ether oxygens (including phenoxy) is 3. The molecular formula is C16H16N4O4S. The largest absolute Gasteiger partial charge is 0.493 e. The molecule has 8 nitrogen and oxygen atoms in total. The summed E-state index contributed by atoms with van der Waals surface area (Å²) in [7, 11) is 4.65. The number of nitrogens with one attached hydrogen (secondary N) is 1. The van der Waals surface area contributed by atoms with E-state index in [0.717, 1.165) is 0 Å². The highest BCUT2D eigenvalue weighted by molar-refractivity contribution is 7.71. The number of nitrogens with zero attached hydrogens (tertiary/aromatic N) is 3. The third-order valence-electron chi connectivity index (χ3n) is 3.44. The Morgan fingerprint density at radius 3 is 2.60 bits per heavy atom. The number of aromatic amines is 1. The third-order valence-corrected chi connectivity index (χ3v) is 3.70. The Bertz CT molecular complexity index is 944. The molecule has 130 valence electrons. The Hall–Kier alpha value is -3.07. The van der Waals surface area contributed by atoms with Crippen molar-refractivity contribution < 1.29 is 18.6 Å². The van der Waals surface area contributed by atoms with Gasteiger partial charge in [0.2, 0.25) is 16.3 Å². The van der Waals surface area contributed by atoms with E-state index in [2.05, 4.69) is 15.3 Å². The molecule has 0 spiro atoms. The van der Waals surface area contributed by atoms with Crippen LogP contribution in [-0.4, -0.2) is 42.4 Å². The highest BCUT2D eigenvalue weighted by atomic mass is 32.1. The van der Waals surface area contributed by atoms with Crippen LogP contribution in [0.25, 0.3) is 11.6 Å². The van der Waals surface area contributed by atoms with Gasteiger partial charge in [-0.2, -0.15) is 9.78 Å². The van der Waals surface area contributed by atoms with Crippen LogP contribution < -0.4 is 14.2 Å². The smallest absolute Gasteiger partial charge is 0.219 e. The first-order valence-electron chi connectivity index (χ1n) is 7.24. The zero-order valence-corrected chi connectivity index (χ0v) is 14.7. The van der Waals surface area contributed by atoms with Crippen molar-refractivity contribution in [3.8, 4) is 28.8 Å². The first-order chi connectivity index (χ1) is 12.2. The lowest BCUT2D eigenvalue weighted by atomic mass is 10.2. The molecule has 2 aromatic heterocycles. The Morgan fingerprint density at radius 2 is 1.96 bits per heavy atom. The third kappa shape index (κ3) is 3.13. The van der Waals surface area contributed by atoms with E-state index < -0.39 is 0 Å². The van der Waals surface area contributed by atoms with E-state index >= 15 is 0 Å². The van der Waals surface area contributed by atoms with Crippen molar-refractivity contribution in [2.24, 2.45) is 5.10 Å². The topological polar surface area (TPSA) is 86.8 Å². The van der Waals surface area contributed by atoms with Gasteiger partial charge in [-0.1, -0.05) is 0 Å². The van der Waals surface area contributed by atoms with Gasteiger partial charge in [0.05, 0.1) is 33.8 Å². The maximum absolute atomic E-state index is 5.44. The average Bonchev–Trinajstić information content (AvgIpc) is 3.28. The first kappa shape index (κ1) is 16.8. The summed E-state index contributed by atoms with van der Waals surface area (Å²) >= 11 is 5.23. The molecule has 25 heavy (non-hydrogen) atoms. The molecule has 0 fully saturated rings. The molecule has 0 bridgehead atoms. The summed E-state index contributed by atoms with van der Waals surface area (Å²) in [6.45, 7) is 0. The highest BCUT2D eigenvalue weighted by Crippen LogP contribution is 2.39. The Morgan fingerprint density at radius 1 is 1.16 bits per heavy atom. The van der Waals surface area contributed by atoms with Gasteiger partial charge in [0.15, 0.2) is 17.3 Å². The van der Waals surface area contributed by atoms with Crippen molar-refractivity contribution in [2.45, 2.75) is 0 Å². The second-order valence-corrected chi connectivity index (χ2v) is 5.20. The SMILES string of the molecule is COc1ccc(C=Nn2c(-c3ccco3)n[nH]c2=S)c(OC)c1OC. The monoisotopic (exact) mass is 360 g/mol. The van der Waals surface area contributed by atoms with Gasteiger partial charge in [0, 0.05) is 5.56 Å². The fourth-order valence-electron chi connectivity index (χ4n) is 2.31. The minimum absolute atomic E-state index is 0.335. The summed E-state index contributed by atoms with van der Waals surface area (Å²) in [5.41, 5.74) is 0.689. The van der Waals surface area contributed by atoms with Crippen molar-refractivity contribution in [1.82, 2.24) is 14.9 Å². The van der Waals surface area contributed by atoms with Gasteiger partial charge >= 0.3 is 0 Å². The van der Waals surface area contributed by atoms with Crippen LogP contribution in [0.5, 0.6) is 17.2 Å². The van der Waals surface area contributed by atoms with Crippen LogP contribution in [0.2, 0.25) is 0 Å². The lowest BCUT2D eigenvalue weighted by Gasteiger charge is -2.13. The summed E-state index contributed by atoms with van der Waals surface area (Å²) in [5.74, 6) is 2.55. The van der Waals surface area contributed by atoms with Crippen LogP contribution in [0, 0.1) is 4.77 Å². The van der Waals surface area contributed by atoms with Gasteiger partial charge in [-0.25, -0.2) is 5.10 Å². The van der Waals surface area contributed by atoms with E-state index in [0.29, 0.717) is 39.2 Å². The zero-order chi connectivity index (χ0) is 17.8. The van der Waals surface area contributed by atoms with Crippen molar-refractivity contribution >= 4 is 18.4 Å². The molecule has 0 atom stereocenters. The molecule has 0 radical (unpaired) electrons. The normalized spacial score (nSPS) is 11.0. The summed E-state index contributed by atoms with van der Waals surface area (Å²) < 4.78 is 23.2. The predicted octanol–water partition coefficient (Wildman–Crippen LogP) is 3.11.